The molecular formula is C13H18N4O2. The van der Waals surface area contributed by atoms with E-state index >= 15 is 0 Å². The van der Waals surface area contributed by atoms with Crippen molar-refractivity contribution < 1.29 is 9.90 Å². The number of piperidine rings is 1. The van der Waals surface area contributed by atoms with Gasteiger partial charge in [-0.3, -0.25) is 9.48 Å². The predicted molar refractivity (Wildman–Crippen MR) is 69.8 cm³/mol. The smallest absolute Gasteiger partial charge is 0.303 e. The number of aliphatic carboxylic acids is 1. The minimum absolute atomic E-state index is 0.146. The van der Waals surface area contributed by atoms with Gasteiger partial charge in [-0.05, 0) is 25.7 Å². The topological polar surface area (TPSA) is 82.2 Å². The molecule has 0 aliphatic carbocycles. The first-order chi connectivity index (χ1) is 9.02. The average Bonchev–Trinajstić information content (AvgIpc) is 2.62. The van der Waals surface area contributed by atoms with Crippen molar-refractivity contribution in [2.45, 2.75) is 26.2 Å². The van der Waals surface area contributed by atoms with Gasteiger partial charge in [0, 0.05) is 26.6 Å². The quantitative estimate of drug-likeness (QED) is 0.887. The van der Waals surface area contributed by atoms with Crippen LogP contribution in [0.15, 0.2) is 0 Å². The molecule has 0 radical (unpaired) electrons. The maximum atomic E-state index is 10.8. The van der Waals surface area contributed by atoms with Crippen LogP contribution in [-0.4, -0.2) is 33.9 Å². The van der Waals surface area contributed by atoms with E-state index in [-0.39, 0.29) is 12.3 Å². The van der Waals surface area contributed by atoms with Crippen LogP contribution in [-0.2, 0) is 11.8 Å². The molecule has 1 saturated heterocycles. The van der Waals surface area contributed by atoms with Crippen LogP contribution < -0.4 is 4.90 Å². The van der Waals surface area contributed by atoms with Gasteiger partial charge in [-0.15, -0.1) is 0 Å². The second kappa shape index (κ2) is 5.31. The molecule has 6 nitrogen and oxygen atoms in total. The van der Waals surface area contributed by atoms with Gasteiger partial charge >= 0.3 is 5.97 Å². The first-order valence-electron chi connectivity index (χ1n) is 6.43. The molecule has 1 aliphatic heterocycles. The summed E-state index contributed by atoms with van der Waals surface area (Å²) in [4.78, 5) is 12.9. The highest BCUT2D eigenvalue weighted by molar-refractivity contribution is 5.67. The SMILES string of the molecule is Cc1nn(C)c(N2CCCC(CC(=O)O)C2)c1C#N. The lowest BCUT2D eigenvalue weighted by Crippen LogP contribution is -2.37. The van der Waals surface area contributed by atoms with Crippen molar-refractivity contribution in [1.82, 2.24) is 9.78 Å². The number of rotatable bonds is 3. The Kier molecular flexibility index (Phi) is 3.74. The van der Waals surface area contributed by atoms with Crippen molar-refractivity contribution in [1.29, 1.82) is 5.26 Å². The van der Waals surface area contributed by atoms with Gasteiger partial charge in [0.2, 0.25) is 0 Å². The summed E-state index contributed by atoms with van der Waals surface area (Å²) >= 11 is 0. The normalized spacial score (nSPS) is 19.2. The molecule has 1 unspecified atom stereocenters. The van der Waals surface area contributed by atoms with E-state index in [9.17, 15) is 10.1 Å². The number of hydrogen-bond acceptors (Lipinski definition) is 4. The highest BCUT2D eigenvalue weighted by Crippen LogP contribution is 2.28. The zero-order valence-electron chi connectivity index (χ0n) is 11.3. The highest BCUT2D eigenvalue weighted by atomic mass is 16.4. The van der Waals surface area contributed by atoms with Crippen LogP contribution in [0.5, 0.6) is 0 Å². The Hall–Kier alpha value is -2.03. The molecule has 1 atom stereocenters. The first-order valence-corrected chi connectivity index (χ1v) is 6.43. The summed E-state index contributed by atoms with van der Waals surface area (Å²) in [6.45, 7) is 3.35. The van der Waals surface area contributed by atoms with Gasteiger partial charge in [0.1, 0.15) is 17.5 Å². The molecule has 1 aromatic heterocycles. The van der Waals surface area contributed by atoms with E-state index in [2.05, 4.69) is 16.1 Å². The number of aromatic nitrogens is 2. The fourth-order valence-corrected chi connectivity index (χ4v) is 2.81. The number of nitrogens with zero attached hydrogens (tertiary/aromatic N) is 4. The lowest BCUT2D eigenvalue weighted by Gasteiger charge is -2.33. The predicted octanol–water partition coefficient (Wildman–Crippen LogP) is 1.29. The van der Waals surface area contributed by atoms with Crippen LogP contribution in [0.3, 0.4) is 0 Å². The van der Waals surface area contributed by atoms with E-state index < -0.39 is 5.97 Å². The van der Waals surface area contributed by atoms with Crippen LogP contribution in [0.1, 0.15) is 30.5 Å². The molecule has 2 rings (SSSR count). The molecule has 1 aliphatic rings. The maximum Gasteiger partial charge on any atom is 0.303 e. The number of nitriles is 1. The number of anilines is 1. The van der Waals surface area contributed by atoms with E-state index in [0.29, 0.717) is 12.1 Å². The summed E-state index contributed by atoms with van der Waals surface area (Å²) in [5, 5.41) is 22.4. The Balaban J connectivity index is 2.22. The third-order valence-electron chi connectivity index (χ3n) is 3.59. The molecule has 1 fully saturated rings. The minimum Gasteiger partial charge on any atom is -0.481 e. The summed E-state index contributed by atoms with van der Waals surface area (Å²) in [6.07, 6.45) is 2.07. The minimum atomic E-state index is -0.756. The molecule has 0 saturated carbocycles. The van der Waals surface area contributed by atoms with Gasteiger partial charge in [-0.1, -0.05) is 0 Å². The monoisotopic (exact) mass is 262 g/mol. The molecule has 1 aromatic rings. The maximum absolute atomic E-state index is 10.8. The van der Waals surface area contributed by atoms with Crippen molar-refractivity contribution in [3.8, 4) is 6.07 Å². The largest absolute Gasteiger partial charge is 0.481 e. The van der Waals surface area contributed by atoms with Crippen molar-refractivity contribution in [2.24, 2.45) is 13.0 Å². The van der Waals surface area contributed by atoms with Crippen molar-refractivity contribution in [3.05, 3.63) is 11.3 Å². The molecule has 0 amide bonds. The standard InChI is InChI=1S/C13H18N4O2/c1-9-11(7-14)13(16(2)15-9)17-5-3-4-10(8-17)6-12(18)19/h10H,3-6,8H2,1-2H3,(H,18,19). The number of carbonyl (C=O) groups is 1. The molecule has 6 heteroatoms. The Morgan fingerprint density at radius 1 is 1.63 bits per heavy atom. The summed E-state index contributed by atoms with van der Waals surface area (Å²) in [6, 6.07) is 2.20. The number of carboxylic acid groups (broad SMARTS) is 1. The number of aryl methyl sites for hydroxylation is 2. The van der Waals surface area contributed by atoms with Crippen molar-refractivity contribution >= 4 is 11.8 Å². The van der Waals surface area contributed by atoms with Crippen LogP contribution in [0, 0.1) is 24.2 Å². The first kappa shape index (κ1) is 13.4. The molecule has 1 N–H and O–H groups in total. The zero-order chi connectivity index (χ0) is 14.0. The second-order valence-corrected chi connectivity index (χ2v) is 5.07. The van der Waals surface area contributed by atoms with Gasteiger partial charge in [0.15, 0.2) is 0 Å². The fraction of sp³-hybridized carbons (Fsp3) is 0.615. The molecule has 2 heterocycles. The van der Waals surface area contributed by atoms with Crippen LogP contribution in [0.4, 0.5) is 5.82 Å². The summed E-state index contributed by atoms with van der Waals surface area (Å²) in [5.41, 5.74) is 1.32. The van der Waals surface area contributed by atoms with Crippen molar-refractivity contribution in [3.63, 3.8) is 0 Å². The Morgan fingerprint density at radius 2 is 2.37 bits per heavy atom. The van der Waals surface area contributed by atoms with E-state index in [1.807, 2.05) is 14.0 Å². The third-order valence-corrected chi connectivity index (χ3v) is 3.59. The summed E-state index contributed by atoms with van der Waals surface area (Å²) in [5.74, 6) is 0.205. The Bertz CT molecular complexity index is 529. The molecule has 19 heavy (non-hydrogen) atoms. The van der Waals surface area contributed by atoms with E-state index in [1.54, 1.807) is 4.68 Å². The molecule has 102 valence electrons. The Labute approximate surface area is 112 Å². The number of carboxylic acids is 1. The summed E-state index contributed by atoms with van der Waals surface area (Å²) < 4.78 is 1.72. The van der Waals surface area contributed by atoms with Crippen LogP contribution >= 0.6 is 0 Å². The van der Waals surface area contributed by atoms with Gasteiger partial charge < -0.3 is 10.0 Å². The number of hydrogen-bond donors (Lipinski definition) is 1. The lowest BCUT2D eigenvalue weighted by atomic mass is 9.94. The van der Waals surface area contributed by atoms with Gasteiger partial charge in [0.25, 0.3) is 0 Å². The van der Waals surface area contributed by atoms with Crippen LogP contribution in [0.25, 0.3) is 0 Å². The molecular weight excluding hydrogens is 244 g/mol. The lowest BCUT2D eigenvalue weighted by molar-refractivity contribution is -0.138. The molecule has 0 bridgehead atoms. The van der Waals surface area contributed by atoms with Crippen LogP contribution in [0.2, 0.25) is 0 Å². The van der Waals surface area contributed by atoms with Gasteiger partial charge in [-0.25, -0.2) is 0 Å². The van der Waals surface area contributed by atoms with Gasteiger partial charge in [0.05, 0.1) is 5.69 Å². The van der Waals surface area contributed by atoms with E-state index in [1.165, 1.54) is 0 Å². The van der Waals surface area contributed by atoms with E-state index in [0.717, 1.165) is 30.9 Å². The molecule has 0 spiro atoms. The summed E-state index contributed by atoms with van der Waals surface area (Å²) in [7, 11) is 1.82. The average molecular weight is 262 g/mol. The Morgan fingerprint density at radius 3 is 3.00 bits per heavy atom. The van der Waals surface area contributed by atoms with Crippen molar-refractivity contribution in [2.75, 3.05) is 18.0 Å². The fourth-order valence-electron chi connectivity index (χ4n) is 2.81. The highest BCUT2D eigenvalue weighted by Gasteiger charge is 2.26. The van der Waals surface area contributed by atoms with E-state index in [4.69, 9.17) is 5.11 Å². The second-order valence-electron chi connectivity index (χ2n) is 5.07. The molecule has 0 aromatic carbocycles. The zero-order valence-corrected chi connectivity index (χ0v) is 11.3. The van der Waals surface area contributed by atoms with Gasteiger partial charge in [-0.2, -0.15) is 10.4 Å². The third kappa shape index (κ3) is 2.70.